The highest BCUT2D eigenvalue weighted by Gasteiger charge is 2.14. The van der Waals surface area contributed by atoms with Crippen molar-refractivity contribution in [3.63, 3.8) is 0 Å². The van der Waals surface area contributed by atoms with Crippen LogP contribution in [0.2, 0.25) is 0 Å². The van der Waals surface area contributed by atoms with Gasteiger partial charge in [-0.25, -0.2) is 4.79 Å². The molecule has 2 rings (SSSR count). The third kappa shape index (κ3) is 1.92. The molecule has 2 heterocycles. The Kier molecular flexibility index (Phi) is 3.70. The Morgan fingerprint density at radius 1 is 1.33 bits per heavy atom. The molecular weight excluding hydrogens is 300 g/mol. The van der Waals surface area contributed by atoms with E-state index in [0.717, 1.165) is 11.8 Å². The molecule has 0 aliphatic heterocycles. The number of aryl methyl sites for hydroxylation is 2. The number of nitrogens with zero attached hydrogens (tertiary/aromatic N) is 4. The summed E-state index contributed by atoms with van der Waals surface area (Å²) in [4.78, 5) is 24.5. The van der Waals surface area contributed by atoms with E-state index in [4.69, 9.17) is 0 Å². The molecule has 0 spiro atoms. The molecule has 0 saturated carbocycles. The van der Waals surface area contributed by atoms with Gasteiger partial charge in [0.2, 0.25) is 0 Å². The second-order valence-corrected chi connectivity index (χ2v) is 4.82. The zero-order chi connectivity index (χ0) is 13.3. The van der Waals surface area contributed by atoms with Gasteiger partial charge in [-0.3, -0.25) is 18.6 Å². The third-order valence-corrected chi connectivity index (χ3v) is 3.49. The Morgan fingerprint density at radius 3 is 2.67 bits per heavy atom. The summed E-state index contributed by atoms with van der Waals surface area (Å²) < 4.78 is 4.43. The standard InChI is InChI=1S/C11H15BrN4O2/c1-3-15-9-8(7-13-14(9)2)10(17)16(11(15)18)6-4-5-12/h7H,3-6H2,1-2H3. The topological polar surface area (TPSA) is 61.8 Å². The van der Waals surface area contributed by atoms with E-state index < -0.39 is 0 Å². The fourth-order valence-electron chi connectivity index (χ4n) is 2.07. The molecule has 0 aromatic carbocycles. The number of halogens is 1. The van der Waals surface area contributed by atoms with Gasteiger partial charge < -0.3 is 0 Å². The van der Waals surface area contributed by atoms with Gasteiger partial charge in [0.05, 0.1) is 6.20 Å². The van der Waals surface area contributed by atoms with Crippen LogP contribution >= 0.6 is 15.9 Å². The smallest absolute Gasteiger partial charge is 0.278 e. The zero-order valence-corrected chi connectivity index (χ0v) is 12.0. The summed E-state index contributed by atoms with van der Waals surface area (Å²) in [5.41, 5.74) is 0.0656. The molecule has 0 atom stereocenters. The highest BCUT2D eigenvalue weighted by molar-refractivity contribution is 9.09. The molecule has 0 saturated heterocycles. The van der Waals surface area contributed by atoms with Crippen LogP contribution < -0.4 is 11.2 Å². The summed E-state index contributed by atoms with van der Waals surface area (Å²) in [5.74, 6) is 0. The fourth-order valence-corrected chi connectivity index (χ4v) is 2.32. The van der Waals surface area contributed by atoms with Crippen molar-refractivity contribution in [1.29, 1.82) is 0 Å². The van der Waals surface area contributed by atoms with Crippen LogP contribution in [0, 0.1) is 0 Å². The van der Waals surface area contributed by atoms with Gasteiger partial charge in [0.25, 0.3) is 5.56 Å². The second-order valence-electron chi connectivity index (χ2n) is 4.03. The Labute approximate surface area is 112 Å². The van der Waals surface area contributed by atoms with Crippen molar-refractivity contribution in [2.75, 3.05) is 5.33 Å². The van der Waals surface area contributed by atoms with Crippen molar-refractivity contribution in [3.05, 3.63) is 27.0 Å². The molecule has 0 amide bonds. The van der Waals surface area contributed by atoms with E-state index >= 15 is 0 Å². The van der Waals surface area contributed by atoms with E-state index in [9.17, 15) is 9.59 Å². The first kappa shape index (κ1) is 13.1. The van der Waals surface area contributed by atoms with E-state index in [1.54, 1.807) is 16.3 Å². The molecule has 18 heavy (non-hydrogen) atoms. The van der Waals surface area contributed by atoms with E-state index in [0.29, 0.717) is 24.1 Å². The summed E-state index contributed by atoms with van der Waals surface area (Å²) >= 11 is 3.30. The summed E-state index contributed by atoms with van der Waals surface area (Å²) in [6.07, 6.45) is 2.26. The molecule has 98 valence electrons. The molecular formula is C11H15BrN4O2. The summed E-state index contributed by atoms with van der Waals surface area (Å²) in [5, 5.41) is 5.32. The third-order valence-electron chi connectivity index (χ3n) is 2.93. The monoisotopic (exact) mass is 314 g/mol. The predicted molar refractivity (Wildman–Crippen MR) is 73.3 cm³/mol. The van der Waals surface area contributed by atoms with Crippen molar-refractivity contribution in [2.45, 2.75) is 26.4 Å². The Hall–Kier alpha value is -1.37. The SMILES string of the molecule is CCn1c(=O)n(CCCBr)c(=O)c2cnn(C)c21. The number of aromatic nitrogens is 4. The minimum absolute atomic E-state index is 0.256. The van der Waals surface area contributed by atoms with Gasteiger partial charge in [-0.2, -0.15) is 5.10 Å². The highest BCUT2D eigenvalue weighted by atomic mass is 79.9. The minimum Gasteiger partial charge on any atom is -0.278 e. The van der Waals surface area contributed by atoms with Gasteiger partial charge in [-0.1, -0.05) is 15.9 Å². The lowest BCUT2D eigenvalue weighted by molar-refractivity contribution is 0.569. The normalized spacial score (nSPS) is 11.3. The highest BCUT2D eigenvalue weighted by Crippen LogP contribution is 2.06. The average molecular weight is 315 g/mol. The fraction of sp³-hybridized carbons (Fsp3) is 0.545. The van der Waals surface area contributed by atoms with E-state index in [1.165, 1.54) is 10.8 Å². The van der Waals surface area contributed by atoms with Gasteiger partial charge in [-0.05, 0) is 13.3 Å². The van der Waals surface area contributed by atoms with Crippen molar-refractivity contribution in [2.24, 2.45) is 7.05 Å². The molecule has 0 N–H and O–H groups in total. The van der Waals surface area contributed by atoms with Crippen LogP contribution in [0.25, 0.3) is 11.0 Å². The van der Waals surface area contributed by atoms with Crippen molar-refractivity contribution in [3.8, 4) is 0 Å². The van der Waals surface area contributed by atoms with Crippen LogP contribution in [0.15, 0.2) is 15.8 Å². The molecule has 6 nitrogen and oxygen atoms in total. The second kappa shape index (κ2) is 5.09. The summed E-state index contributed by atoms with van der Waals surface area (Å²) in [7, 11) is 1.73. The quantitative estimate of drug-likeness (QED) is 0.781. The Balaban J connectivity index is 2.81. The first-order valence-corrected chi connectivity index (χ1v) is 6.95. The van der Waals surface area contributed by atoms with Crippen LogP contribution in [-0.4, -0.2) is 24.2 Å². The van der Waals surface area contributed by atoms with Gasteiger partial charge in [0.15, 0.2) is 0 Å². The van der Waals surface area contributed by atoms with Crippen molar-refractivity contribution < 1.29 is 0 Å². The zero-order valence-electron chi connectivity index (χ0n) is 10.4. The van der Waals surface area contributed by atoms with Crippen LogP contribution in [0.4, 0.5) is 0 Å². The van der Waals surface area contributed by atoms with Gasteiger partial charge in [0, 0.05) is 25.5 Å². The molecule has 2 aromatic heterocycles. The molecule has 7 heteroatoms. The Morgan fingerprint density at radius 2 is 2.06 bits per heavy atom. The minimum atomic E-state index is -0.264. The summed E-state index contributed by atoms with van der Waals surface area (Å²) in [6, 6.07) is 0. The number of rotatable bonds is 4. The molecule has 0 radical (unpaired) electrons. The van der Waals surface area contributed by atoms with Crippen LogP contribution in [0.5, 0.6) is 0 Å². The Bertz CT molecular complexity index is 683. The average Bonchev–Trinajstić information content (AvgIpc) is 2.73. The first-order valence-electron chi connectivity index (χ1n) is 5.83. The molecule has 0 aliphatic carbocycles. The number of alkyl halides is 1. The lowest BCUT2D eigenvalue weighted by atomic mass is 10.4. The maximum atomic E-state index is 12.3. The summed E-state index contributed by atoms with van der Waals surface area (Å²) in [6.45, 7) is 2.82. The van der Waals surface area contributed by atoms with Crippen molar-refractivity contribution >= 4 is 27.0 Å². The molecule has 0 bridgehead atoms. The van der Waals surface area contributed by atoms with E-state index in [-0.39, 0.29) is 11.2 Å². The molecule has 0 fully saturated rings. The van der Waals surface area contributed by atoms with Gasteiger partial charge >= 0.3 is 5.69 Å². The maximum absolute atomic E-state index is 12.3. The van der Waals surface area contributed by atoms with E-state index in [2.05, 4.69) is 21.0 Å². The van der Waals surface area contributed by atoms with E-state index in [1.807, 2.05) is 6.92 Å². The molecule has 2 aromatic rings. The molecule has 0 aliphatic rings. The maximum Gasteiger partial charge on any atom is 0.332 e. The molecule has 0 unspecified atom stereocenters. The van der Waals surface area contributed by atoms with Crippen molar-refractivity contribution in [1.82, 2.24) is 18.9 Å². The van der Waals surface area contributed by atoms with Crippen LogP contribution in [0.3, 0.4) is 0 Å². The largest absolute Gasteiger partial charge is 0.332 e. The lowest BCUT2D eigenvalue weighted by Crippen LogP contribution is -2.40. The van der Waals surface area contributed by atoms with Crippen LogP contribution in [-0.2, 0) is 20.1 Å². The lowest BCUT2D eigenvalue weighted by Gasteiger charge is -2.10. The number of fused-ring (bicyclic) bond motifs is 1. The predicted octanol–water partition coefficient (Wildman–Crippen LogP) is 0.702. The number of hydrogen-bond donors (Lipinski definition) is 0. The first-order chi connectivity index (χ1) is 8.61. The van der Waals surface area contributed by atoms with Crippen LogP contribution in [0.1, 0.15) is 13.3 Å². The number of hydrogen-bond acceptors (Lipinski definition) is 3. The van der Waals surface area contributed by atoms with Gasteiger partial charge in [-0.15, -0.1) is 0 Å². The van der Waals surface area contributed by atoms with Gasteiger partial charge in [0.1, 0.15) is 11.0 Å².